The van der Waals surface area contributed by atoms with Crippen LogP contribution in [0.1, 0.15) is 32.4 Å². The molecule has 0 radical (unpaired) electrons. The van der Waals surface area contributed by atoms with Gasteiger partial charge in [-0.15, -0.1) is 24.0 Å². The molecule has 0 aliphatic carbocycles. The van der Waals surface area contributed by atoms with Gasteiger partial charge in [-0.05, 0) is 38.5 Å². The Hall–Kier alpha value is -0.930. The Morgan fingerprint density at radius 3 is 2.42 bits per heavy atom. The van der Waals surface area contributed by atoms with E-state index in [-0.39, 0.29) is 41.4 Å². The molecule has 0 bridgehead atoms. The molecule has 0 aromatic heterocycles. The molecule has 7 heteroatoms. The standard InChI is InChI=1S/C17H27FN4O.HI/c1-17(2,3)21-16(19)20-12-15(22-8-10-23-11-9-22)13-4-6-14(18)7-5-13;/h4-7,15H,8-12H2,1-3H3,(H3,19,20,21);1H. The summed E-state index contributed by atoms with van der Waals surface area (Å²) in [5, 5.41) is 3.16. The molecule has 1 heterocycles. The third-order valence-electron chi connectivity index (χ3n) is 3.68. The average molecular weight is 450 g/mol. The zero-order valence-electron chi connectivity index (χ0n) is 14.6. The van der Waals surface area contributed by atoms with Crippen molar-refractivity contribution >= 4 is 29.9 Å². The van der Waals surface area contributed by atoms with Crippen molar-refractivity contribution < 1.29 is 9.13 Å². The monoisotopic (exact) mass is 450 g/mol. The third kappa shape index (κ3) is 6.90. The van der Waals surface area contributed by atoms with Gasteiger partial charge in [-0.1, -0.05) is 12.1 Å². The normalized spacial score (nSPS) is 17.9. The van der Waals surface area contributed by atoms with Crippen molar-refractivity contribution in [3.63, 3.8) is 0 Å². The van der Waals surface area contributed by atoms with Crippen LogP contribution in [0.4, 0.5) is 4.39 Å². The quantitative estimate of drug-likeness (QED) is 0.421. The summed E-state index contributed by atoms with van der Waals surface area (Å²) in [6.45, 7) is 9.72. The van der Waals surface area contributed by atoms with E-state index in [9.17, 15) is 4.39 Å². The van der Waals surface area contributed by atoms with Gasteiger partial charge in [0.25, 0.3) is 0 Å². The van der Waals surface area contributed by atoms with E-state index in [0.717, 1.165) is 18.7 Å². The number of morpholine rings is 1. The first kappa shape index (κ1) is 21.1. The van der Waals surface area contributed by atoms with Gasteiger partial charge in [-0.25, -0.2) is 4.39 Å². The molecule has 1 aromatic carbocycles. The highest BCUT2D eigenvalue weighted by molar-refractivity contribution is 14.0. The van der Waals surface area contributed by atoms with Gasteiger partial charge in [-0.3, -0.25) is 9.89 Å². The molecule has 0 saturated carbocycles. The van der Waals surface area contributed by atoms with E-state index >= 15 is 0 Å². The van der Waals surface area contributed by atoms with Crippen LogP contribution in [0.5, 0.6) is 0 Å². The van der Waals surface area contributed by atoms with Crippen LogP contribution in [0.2, 0.25) is 0 Å². The SMILES string of the molecule is CC(C)(C)NC(N)=NCC(c1ccc(F)cc1)N1CCOCC1.I. The van der Waals surface area contributed by atoms with E-state index in [1.165, 1.54) is 12.1 Å². The first-order valence-electron chi connectivity index (χ1n) is 8.00. The van der Waals surface area contributed by atoms with Crippen LogP contribution in [-0.2, 0) is 4.74 Å². The van der Waals surface area contributed by atoms with Gasteiger partial charge in [0.1, 0.15) is 5.82 Å². The summed E-state index contributed by atoms with van der Waals surface area (Å²) in [5.41, 5.74) is 6.89. The van der Waals surface area contributed by atoms with E-state index in [4.69, 9.17) is 10.5 Å². The summed E-state index contributed by atoms with van der Waals surface area (Å²) >= 11 is 0. The summed E-state index contributed by atoms with van der Waals surface area (Å²) in [7, 11) is 0. The molecule has 1 aliphatic heterocycles. The van der Waals surface area contributed by atoms with Gasteiger partial charge in [0.05, 0.1) is 25.8 Å². The lowest BCUT2D eigenvalue weighted by Crippen LogP contribution is -2.45. The maximum atomic E-state index is 13.2. The number of aliphatic imine (C=N–C) groups is 1. The van der Waals surface area contributed by atoms with Crippen molar-refractivity contribution in [2.75, 3.05) is 32.8 Å². The number of hydrogen-bond acceptors (Lipinski definition) is 3. The van der Waals surface area contributed by atoms with Crippen LogP contribution in [0.25, 0.3) is 0 Å². The number of nitrogens with one attached hydrogen (secondary N) is 1. The Balaban J connectivity index is 0.00000288. The van der Waals surface area contributed by atoms with Crippen LogP contribution < -0.4 is 11.1 Å². The summed E-state index contributed by atoms with van der Waals surface area (Å²) in [4.78, 5) is 6.80. The minimum absolute atomic E-state index is 0. The van der Waals surface area contributed by atoms with E-state index < -0.39 is 0 Å². The topological polar surface area (TPSA) is 62.9 Å². The lowest BCUT2D eigenvalue weighted by molar-refractivity contribution is 0.0179. The van der Waals surface area contributed by atoms with Gasteiger partial charge in [0.2, 0.25) is 0 Å². The second kappa shape index (κ2) is 9.53. The fourth-order valence-electron chi connectivity index (χ4n) is 2.61. The molecule has 2 rings (SSSR count). The third-order valence-corrected chi connectivity index (χ3v) is 3.68. The molecule has 1 fully saturated rings. The van der Waals surface area contributed by atoms with Gasteiger partial charge in [0.15, 0.2) is 5.96 Å². The molecule has 1 aliphatic rings. The smallest absolute Gasteiger partial charge is 0.189 e. The molecule has 0 amide bonds. The second-order valence-electron chi connectivity index (χ2n) is 6.82. The zero-order chi connectivity index (χ0) is 16.9. The maximum Gasteiger partial charge on any atom is 0.189 e. The molecule has 1 aromatic rings. The lowest BCUT2D eigenvalue weighted by Gasteiger charge is -2.34. The largest absolute Gasteiger partial charge is 0.379 e. The first-order valence-corrected chi connectivity index (χ1v) is 8.00. The summed E-state index contributed by atoms with van der Waals surface area (Å²) in [6.07, 6.45) is 0. The predicted molar refractivity (Wildman–Crippen MR) is 106 cm³/mol. The van der Waals surface area contributed by atoms with Crippen molar-refractivity contribution in [3.8, 4) is 0 Å². The fraction of sp³-hybridized carbons (Fsp3) is 0.588. The van der Waals surface area contributed by atoms with E-state index in [1.807, 2.05) is 32.9 Å². The number of guanidine groups is 1. The van der Waals surface area contributed by atoms with E-state index in [0.29, 0.717) is 25.7 Å². The van der Waals surface area contributed by atoms with Crippen LogP contribution in [-0.4, -0.2) is 49.2 Å². The minimum Gasteiger partial charge on any atom is -0.379 e. The number of rotatable bonds is 4. The molecule has 136 valence electrons. The van der Waals surface area contributed by atoms with Gasteiger partial charge in [0, 0.05) is 18.6 Å². The molecule has 1 saturated heterocycles. The molecule has 5 nitrogen and oxygen atoms in total. The Bertz CT molecular complexity index is 524. The highest BCUT2D eigenvalue weighted by Gasteiger charge is 2.22. The highest BCUT2D eigenvalue weighted by atomic mass is 127. The van der Waals surface area contributed by atoms with Crippen molar-refractivity contribution in [1.29, 1.82) is 0 Å². The van der Waals surface area contributed by atoms with Gasteiger partial charge < -0.3 is 15.8 Å². The molecule has 1 atom stereocenters. The van der Waals surface area contributed by atoms with E-state index in [2.05, 4.69) is 15.2 Å². The number of ether oxygens (including phenoxy) is 1. The molecular formula is C17H28FIN4O. The van der Waals surface area contributed by atoms with E-state index in [1.54, 1.807) is 0 Å². The minimum atomic E-state index is -0.230. The van der Waals surface area contributed by atoms with Crippen LogP contribution >= 0.6 is 24.0 Å². The van der Waals surface area contributed by atoms with Crippen molar-refractivity contribution in [3.05, 3.63) is 35.6 Å². The van der Waals surface area contributed by atoms with Crippen molar-refractivity contribution in [2.24, 2.45) is 10.7 Å². The molecule has 1 unspecified atom stereocenters. The molecule has 24 heavy (non-hydrogen) atoms. The molecule has 3 N–H and O–H groups in total. The summed E-state index contributed by atoms with van der Waals surface area (Å²) < 4.78 is 18.6. The predicted octanol–water partition coefficient (Wildman–Crippen LogP) is 2.52. The van der Waals surface area contributed by atoms with Crippen LogP contribution in [0, 0.1) is 5.82 Å². The second-order valence-corrected chi connectivity index (χ2v) is 6.82. The van der Waals surface area contributed by atoms with Crippen LogP contribution in [0.15, 0.2) is 29.3 Å². The number of benzene rings is 1. The average Bonchev–Trinajstić information content (AvgIpc) is 2.48. The first-order chi connectivity index (χ1) is 10.8. The summed E-state index contributed by atoms with van der Waals surface area (Å²) in [5.74, 6) is 0.199. The Kier molecular flexibility index (Phi) is 8.38. The van der Waals surface area contributed by atoms with Crippen LogP contribution in [0.3, 0.4) is 0 Å². The van der Waals surface area contributed by atoms with Crippen molar-refractivity contribution in [2.45, 2.75) is 32.4 Å². The Morgan fingerprint density at radius 1 is 1.29 bits per heavy atom. The number of halogens is 2. The Morgan fingerprint density at radius 2 is 1.88 bits per heavy atom. The lowest BCUT2D eigenvalue weighted by atomic mass is 10.0. The van der Waals surface area contributed by atoms with Crippen molar-refractivity contribution in [1.82, 2.24) is 10.2 Å². The highest BCUT2D eigenvalue weighted by Crippen LogP contribution is 2.22. The van der Waals surface area contributed by atoms with Gasteiger partial charge >= 0.3 is 0 Å². The Labute approximate surface area is 160 Å². The summed E-state index contributed by atoms with van der Waals surface area (Å²) in [6, 6.07) is 6.68. The molecular weight excluding hydrogens is 422 g/mol. The fourth-order valence-corrected chi connectivity index (χ4v) is 2.61. The molecule has 0 spiro atoms. The number of hydrogen-bond donors (Lipinski definition) is 2. The van der Waals surface area contributed by atoms with Gasteiger partial charge in [-0.2, -0.15) is 0 Å². The number of nitrogens with zero attached hydrogens (tertiary/aromatic N) is 2. The maximum absolute atomic E-state index is 13.2. The number of nitrogens with two attached hydrogens (primary N) is 1. The zero-order valence-corrected chi connectivity index (χ0v) is 16.9.